The Morgan fingerprint density at radius 1 is 1.20 bits per heavy atom. The molecule has 1 aromatic carbocycles. The average Bonchev–Trinajstić information content (AvgIpc) is 2.91. The second-order valence-electron chi connectivity index (χ2n) is 6.44. The first kappa shape index (κ1) is 18.0. The largest absolute Gasteiger partial charge is 0.351 e. The van der Waals surface area contributed by atoms with Gasteiger partial charge in [0.15, 0.2) is 0 Å². The van der Waals surface area contributed by atoms with Gasteiger partial charge in [0.2, 0.25) is 0 Å². The van der Waals surface area contributed by atoms with Crippen molar-refractivity contribution < 1.29 is 4.79 Å². The Morgan fingerprint density at radius 3 is 2.56 bits per heavy atom. The second-order valence-corrected chi connectivity index (χ2v) is 6.88. The zero-order valence-corrected chi connectivity index (χ0v) is 15.6. The molecule has 2 N–H and O–H groups in total. The molecule has 5 nitrogen and oxygen atoms in total. The van der Waals surface area contributed by atoms with Crippen LogP contribution in [0.15, 0.2) is 30.3 Å². The predicted molar refractivity (Wildman–Crippen MR) is 102 cm³/mol. The molecule has 1 fully saturated rings. The van der Waals surface area contributed by atoms with E-state index in [4.69, 9.17) is 11.6 Å². The lowest BCUT2D eigenvalue weighted by molar-refractivity contribution is 0.0946. The van der Waals surface area contributed by atoms with Crippen molar-refractivity contribution in [1.29, 1.82) is 0 Å². The SMILES string of the molecule is Cc1cc(C(=O)NCCN2CCNCC2)c(C)n1-c1ccc(Cl)cc1. The summed E-state index contributed by atoms with van der Waals surface area (Å²) >= 11 is 5.97. The van der Waals surface area contributed by atoms with E-state index in [1.54, 1.807) is 0 Å². The van der Waals surface area contributed by atoms with Crippen LogP contribution in [0.5, 0.6) is 0 Å². The molecule has 0 unspecified atom stereocenters. The normalized spacial score (nSPS) is 15.3. The number of carbonyl (C=O) groups is 1. The average molecular weight is 361 g/mol. The van der Waals surface area contributed by atoms with Gasteiger partial charge < -0.3 is 15.2 Å². The topological polar surface area (TPSA) is 49.3 Å². The highest BCUT2D eigenvalue weighted by atomic mass is 35.5. The zero-order valence-electron chi connectivity index (χ0n) is 14.8. The number of benzene rings is 1. The van der Waals surface area contributed by atoms with Crippen LogP contribution in [-0.2, 0) is 0 Å². The van der Waals surface area contributed by atoms with Crippen molar-refractivity contribution >= 4 is 17.5 Å². The van der Waals surface area contributed by atoms with E-state index in [1.807, 2.05) is 44.2 Å². The molecular weight excluding hydrogens is 336 g/mol. The number of rotatable bonds is 5. The van der Waals surface area contributed by atoms with Crippen LogP contribution in [0, 0.1) is 13.8 Å². The zero-order chi connectivity index (χ0) is 17.8. The highest BCUT2D eigenvalue weighted by Gasteiger charge is 2.17. The molecule has 1 saturated heterocycles. The van der Waals surface area contributed by atoms with Gasteiger partial charge >= 0.3 is 0 Å². The van der Waals surface area contributed by atoms with Gasteiger partial charge in [-0.25, -0.2) is 0 Å². The van der Waals surface area contributed by atoms with Crippen molar-refractivity contribution in [3.63, 3.8) is 0 Å². The smallest absolute Gasteiger partial charge is 0.253 e. The summed E-state index contributed by atoms with van der Waals surface area (Å²) in [6.07, 6.45) is 0. The van der Waals surface area contributed by atoms with Crippen LogP contribution in [0.2, 0.25) is 5.02 Å². The van der Waals surface area contributed by atoms with Crippen LogP contribution in [0.25, 0.3) is 5.69 Å². The summed E-state index contributed by atoms with van der Waals surface area (Å²) in [6.45, 7) is 9.69. The number of carbonyl (C=O) groups excluding carboxylic acids is 1. The van der Waals surface area contributed by atoms with E-state index >= 15 is 0 Å². The quantitative estimate of drug-likeness (QED) is 0.860. The third kappa shape index (κ3) is 4.24. The number of hydrogen-bond donors (Lipinski definition) is 2. The van der Waals surface area contributed by atoms with Crippen molar-refractivity contribution in [3.8, 4) is 5.69 Å². The minimum absolute atomic E-state index is 0.0107. The number of aromatic nitrogens is 1. The standard InChI is InChI=1S/C19H25ClN4O/c1-14-13-18(15(2)24(14)17-5-3-16(20)4-6-17)19(25)22-9-12-23-10-7-21-8-11-23/h3-6,13,21H,7-12H2,1-2H3,(H,22,25). The van der Waals surface area contributed by atoms with E-state index < -0.39 is 0 Å². The number of halogens is 1. The van der Waals surface area contributed by atoms with Crippen molar-refractivity contribution in [2.45, 2.75) is 13.8 Å². The summed E-state index contributed by atoms with van der Waals surface area (Å²) in [6, 6.07) is 9.61. The summed E-state index contributed by atoms with van der Waals surface area (Å²) in [5.41, 5.74) is 3.72. The number of aryl methyl sites for hydroxylation is 1. The highest BCUT2D eigenvalue weighted by Crippen LogP contribution is 2.22. The van der Waals surface area contributed by atoms with Gasteiger partial charge in [0.1, 0.15) is 0 Å². The molecular formula is C19H25ClN4O. The van der Waals surface area contributed by atoms with Crippen LogP contribution in [0.4, 0.5) is 0 Å². The fourth-order valence-electron chi connectivity index (χ4n) is 3.34. The van der Waals surface area contributed by atoms with Gasteiger partial charge in [-0.3, -0.25) is 9.69 Å². The highest BCUT2D eigenvalue weighted by molar-refractivity contribution is 6.30. The number of amides is 1. The number of hydrogen-bond acceptors (Lipinski definition) is 3. The summed E-state index contributed by atoms with van der Waals surface area (Å²) < 4.78 is 2.08. The van der Waals surface area contributed by atoms with Crippen molar-refractivity contribution in [1.82, 2.24) is 20.1 Å². The summed E-state index contributed by atoms with van der Waals surface area (Å²) in [5, 5.41) is 7.09. The van der Waals surface area contributed by atoms with Gasteiger partial charge in [-0.15, -0.1) is 0 Å². The minimum atomic E-state index is -0.0107. The summed E-state index contributed by atoms with van der Waals surface area (Å²) in [4.78, 5) is 15.0. The first-order valence-electron chi connectivity index (χ1n) is 8.72. The fourth-order valence-corrected chi connectivity index (χ4v) is 3.46. The van der Waals surface area contributed by atoms with E-state index in [-0.39, 0.29) is 5.91 Å². The minimum Gasteiger partial charge on any atom is -0.351 e. The maximum atomic E-state index is 12.6. The molecule has 0 radical (unpaired) electrons. The van der Waals surface area contributed by atoms with Crippen molar-refractivity contribution in [2.75, 3.05) is 39.3 Å². The molecule has 1 aliphatic heterocycles. The Bertz CT molecular complexity index is 733. The Morgan fingerprint density at radius 2 is 1.88 bits per heavy atom. The van der Waals surface area contributed by atoms with Gasteiger partial charge in [0.05, 0.1) is 5.56 Å². The molecule has 6 heteroatoms. The van der Waals surface area contributed by atoms with Gasteiger partial charge in [-0.2, -0.15) is 0 Å². The third-order valence-electron chi connectivity index (χ3n) is 4.68. The lowest BCUT2D eigenvalue weighted by Gasteiger charge is -2.27. The molecule has 0 aliphatic carbocycles. The summed E-state index contributed by atoms with van der Waals surface area (Å²) in [5.74, 6) is -0.0107. The van der Waals surface area contributed by atoms with E-state index in [0.29, 0.717) is 11.6 Å². The number of piperazine rings is 1. The van der Waals surface area contributed by atoms with Crippen LogP contribution in [0.3, 0.4) is 0 Å². The Balaban J connectivity index is 1.66. The van der Waals surface area contributed by atoms with Crippen LogP contribution < -0.4 is 10.6 Å². The number of nitrogens with one attached hydrogen (secondary N) is 2. The molecule has 0 atom stereocenters. The van der Waals surface area contributed by atoms with Crippen LogP contribution in [-0.4, -0.2) is 54.6 Å². The van der Waals surface area contributed by atoms with Gasteiger partial charge in [-0.1, -0.05) is 11.6 Å². The van der Waals surface area contributed by atoms with Crippen molar-refractivity contribution in [3.05, 3.63) is 52.3 Å². The van der Waals surface area contributed by atoms with E-state index in [9.17, 15) is 4.79 Å². The molecule has 0 spiro atoms. The maximum absolute atomic E-state index is 12.6. The van der Waals surface area contributed by atoms with Gasteiger partial charge in [0, 0.05) is 61.4 Å². The molecule has 2 heterocycles. The van der Waals surface area contributed by atoms with E-state index in [1.165, 1.54) is 0 Å². The van der Waals surface area contributed by atoms with E-state index in [0.717, 1.165) is 55.4 Å². The lowest BCUT2D eigenvalue weighted by atomic mass is 10.2. The molecule has 25 heavy (non-hydrogen) atoms. The number of nitrogens with zero attached hydrogens (tertiary/aromatic N) is 2. The summed E-state index contributed by atoms with van der Waals surface area (Å²) in [7, 11) is 0. The molecule has 3 rings (SSSR count). The molecule has 0 saturated carbocycles. The molecule has 1 aliphatic rings. The Kier molecular flexibility index (Phi) is 5.78. The van der Waals surface area contributed by atoms with Gasteiger partial charge in [-0.05, 0) is 44.2 Å². The van der Waals surface area contributed by atoms with Crippen LogP contribution in [0.1, 0.15) is 21.7 Å². The monoisotopic (exact) mass is 360 g/mol. The first-order valence-corrected chi connectivity index (χ1v) is 9.10. The molecule has 2 aromatic rings. The predicted octanol–water partition coefficient (Wildman–Crippen LogP) is 2.38. The van der Waals surface area contributed by atoms with E-state index in [2.05, 4.69) is 20.1 Å². The Hall–Kier alpha value is -1.82. The maximum Gasteiger partial charge on any atom is 0.253 e. The Labute approximate surface area is 154 Å². The third-order valence-corrected chi connectivity index (χ3v) is 4.94. The lowest BCUT2D eigenvalue weighted by Crippen LogP contribution is -2.46. The van der Waals surface area contributed by atoms with Gasteiger partial charge in [0.25, 0.3) is 5.91 Å². The van der Waals surface area contributed by atoms with Crippen molar-refractivity contribution in [2.24, 2.45) is 0 Å². The van der Waals surface area contributed by atoms with Crippen LogP contribution >= 0.6 is 11.6 Å². The molecule has 1 aromatic heterocycles. The fraction of sp³-hybridized carbons (Fsp3) is 0.421. The molecule has 1 amide bonds. The first-order chi connectivity index (χ1) is 12.1. The molecule has 134 valence electrons. The second kappa shape index (κ2) is 8.04. The molecule has 0 bridgehead atoms.